The molecule has 0 saturated carbocycles. The zero-order valence-corrected chi connectivity index (χ0v) is 28.3. The molecule has 232 valence electrons. The van der Waals surface area contributed by atoms with Gasteiger partial charge in [-0.2, -0.15) is 0 Å². The minimum Gasteiger partial charge on any atom is -0.370 e. The smallest absolute Gasteiger partial charge is 0.370 e. The molecular weight excluding hydrogens is 573 g/mol. The van der Waals surface area contributed by atoms with Crippen LogP contribution >= 0.6 is 0 Å². The van der Waals surface area contributed by atoms with Crippen molar-refractivity contribution in [2.24, 2.45) is 0 Å². The molecule has 0 bridgehead atoms. The van der Waals surface area contributed by atoms with Gasteiger partial charge in [0.25, 0.3) is 0 Å². The van der Waals surface area contributed by atoms with Gasteiger partial charge in [-0.3, -0.25) is 0 Å². The summed E-state index contributed by atoms with van der Waals surface area (Å²) in [5, 5.41) is 0.961. The molecule has 5 nitrogen and oxygen atoms in total. The molecule has 0 N–H and O–H groups in total. The predicted molar refractivity (Wildman–Crippen MR) is 190 cm³/mol. The number of hydrogen-bond donors (Lipinski definition) is 0. The lowest BCUT2D eigenvalue weighted by Crippen LogP contribution is -2.56. The maximum Gasteiger partial charge on any atom is 0.537 e. The molecule has 0 aliphatic carbocycles. The molecule has 0 aliphatic rings. The van der Waals surface area contributed by atoms with Gasteiger partial charge in [-0.1, -0.05) is 48.5 Å². The first-order valence-electron chi connectivity index (χ1n) is 15.8. The maximum absolute atomic E-state index is 6.18. The molecule has 5 aromatic rings. The zero-order valence-electron chi connectivity index (χ0n) is 27.3. The van der Waals surface area contributed by atoms with Crippen LogP contribution in [0.15, 0.2) is 121 Å². The highest BCUT2D eigenvalue weighted by atomic mass is 28.4. The van der Waals surface area contributed by atoms with Crippen LogP contribution in [0, 0.1) is 20.8 Å². The summed E-state index contributed by atoms with van der Waals surface area (Å²) in [5.41, 5.74) is 10.2. The molecule has 0 radical (unpaired) electrons. The van der Waals surface area contributed by atoms with Crippen molar-refractivity contribution in [2.45, 2.75) is 41.5 Å². The van der Waals surface area contributed by atoms with Gasteiger partial charge in [0.2, 0.25) is 0 Å². The van der Waals surface area contributed by atoms with Gasteiger partial charge >= 0.3 is 8.80 Å². The second-order valence-corrected chi connectivity index (χ2v) is 13.7. The van der Waals surface area contributed by atoms with Gasteiger partial charge < -0.3 is 23.1 Å². The first-order valence-corrected chi connectivity index (χ1v) is 17.5. The number of aryl methyl sites for hydroxylation is 3. The van der Waals surface area contributed by atoms with Crippen LogP contribution in [-0.4, -0.2) is 28.6 Å². The Hall–Kier alpha value is -4.20. The summed E-state index contributed by atoms with van der Waals surface area (Å²) in [7, 11) is -3.01. The topological polar surface area (TPSA) is 34.2 Å². The summed E-state index contributed by atoms with van der Waals surface area (Å²) in [6.07, 6.45) is 0. The minimum absolute atomic E-state index is 0.526. The van der Waals surface area contributed by atoms with Gasteiger partial charge in [0.05, 0.1) is 0 Å². The van der Waals surface area contributed by atoms with Crippen molar-refractivity contribution in [3.63, 3.8) is 0 Å². The van der Waals surface area contributed by atoms with Crippen molar-refractivity contribution in [1.29, 1.82) is 0 Å². The first-order chi connectivity index (χ1) is 21.9. The third-order valence-electron chi connectivity index (χ3n) is 7.63. The standard InChI is InChI=1S/C39H44N2O3Si/c1-7-42-45(43-8-2,44-9-3)39-25-23-35(24-26-39)40(36-16-10-13-30(4)27-36)33-19-21-34(22-20-33)41(37-17-11-14-31(5)28-37)38-18-12-15-32(6)29-38/h10-29H,7-9H2,1-6H3. The normalized spacial score (nSPS) is 11.4. The summed E-state index contributed by atoms with van der Waals surface area (Å²) in [4.78, 5) is 4.60. The molecule has 0 fully saturated rings. The Morgan fingerprint density at radius 1 is 0.422 bits per heavy atom. The lowest BCUT2D eigenvalue weighted by atomic mass is 10.1. The van der Waals surface area contributed by atoms with E-state index in [0.717, 1.165) is 39.3 Å². The molecular formula is C39H44N2O3Si. The molecule has 6 heteroatoms. The van der Waals surface area contributed by atoms with Crippen LogP contribution in [0.3, 0.4) is 0 Å². The molecule has 45 heavy (non-hydrogen) atoms. The van der Waals surface area contributed by atoms with E-state index in [2.05, 4.69) is 152 Å². The van der Waals surface area contributed by atoms with Crippen LogP contribution in [0.2, 0.25) is 0 Å². The Kier molecular flexibility index (Phi) is 10.5. The molecule has 5 aromatic carbocycles. The second kappa shape index (κ2) is 14.7. The van der Waals surface area contributed by atoms with Crippen LogP contribution in [0.5, 0.6) is 0 Å². The highest BCUT2D eigenvalue weighted by Gasteiger charge is 2.43. The van der Waals surface area contributed by atoms with E-state index < -0.39 is 8.80 Å². The van der Waals surface area contributed by atoms with Gasteiger partial charge in [-0.05, 0) is 131 Å². The zero-order chi connectivity index (χ0) is 31.8. The molecule has 0 spiro atoms. The minimum atomic E-state index is -3.01. The van der Waals surface area contributed by atoms with Gasteiger partial charge in [0, 0.05) is 59.1 Å². The predicted octanol–water partition coefficient (Wildman–Crippen LogP) is 9.81. The monoisotopic (exact) mass is 616 g/mol. The summed E-state index contributed by atoms with van der Waals surface area (Å²) in [6, 6.07) is 43.2. The first kappa shape index (κ1) is 32.2. The van der Waals surface area contributed by atoms with E-state index in [0.29, 0.717) is 19.8 Å². The highest BCUT2D eigenvalue weighted by molar-refractivity contribution is 6.75. The molecule has 0 heterocycles. The van der Waals surface area contributed by atoms with Gasteiger partial charge in [-0.25, -0.2) is 0 Å². The Morgan fingerprint density at radius 3 is 1.04 bits per heavy atom. The quantitative estimate of drug-likeness (QED) is 0.123. The summed E-state index contributed by atoms with van der Waals surface area (Å²) in [5.74, 6) is 0. The average Bonchev–Trinajstić information content (AvgIpc) is 3.03. The van der Waals surface area contributed by atoms with E-state index in [9.17, 15) is 0 Å². The van der Waals surface area contributed by atoms with E-state index in [1.165, 1.54) is 16.7 Å². The fourth-order valence-electron chi connectivity index (χ4n) is 5.71. The van der Waals surface area contributed by atoms with Crippen LogP contribution in [0.1, 0.15) is 37.5 Å². The molecule has 0 aliphatic heterocycles. The average molecular weight is 617 g/mol. The number of hydrogen-bond acceptors (Lipinski definition) is 5. The summed E-state index contributed by atoms with van der Waals surface area (Å²) in [6.45, 7) is 13.9. The van der Waals surface area contributed by atoms with Gasteiger partial charge in [0.15, 0.2) is 0 Å². The Balaban J connectivity index is 1.57. The molecule has 0 atom stereocenters. The van der Waals surface area contributed by atoms with Crippen molar-refractivity contribution in [3.8, 4) is 0 Å². The Labute approximate surface area is 270 Å². The largest absolute Gasteiger partial charge is 0.537 e. The molecule has 0 aromatic heterocycles. The lowest BCUT2D eigenvalue weighted by molar-refractivity contribution is 0.0859. The summed E-state index contributed by atoms with van der Waals surface area (Å²) >= 11 is 0. The SMILES string of the molecule is CCO[Si](OCC)(OCC)c1ccc(N(c2ccc(N(c3cccc(C)c3)c3cccc(C)c3)cc2)c2cccc(C)c2)cc1. The molecule has 0 amide bonds. The van der Waals surface area contributed by atoms with E-state index in [-0.39, 0.29) is 0 Å². The van der Waals surface area contributed by atoms with E-state index in [1.54, 1.807) is 0 Å². The fourth-order valence-corrected chi connectivity index (χ4v) is 8.17. The van der Waals surface area contributed by atoms with Crippen molar-refractivity contribution < 1.29 is 13.3 Å². The number of benzene rings is 5. The molecule has 5 rings (SSSR count). The third-order valence-corrected chi connectivity index (χ3v) is 10.7. The van der Waals surface area contributed by atoms with Gasteiger partial charge in [0.1, 0.15) is 0 Å². The van der Waals surface area contributed by atoms with E-state index in [4.69, 9.17) is 13.3 Å². The number of anilines is 6. The second-order valence-electron chi connectivity index (χ2n) is 11.1. The van der Waals surface area contributed by atoms with E-state index in [1.807, 2.05) is 20.8 Å². The molecule has 0 unspecified atom stereocenters. The van der Waals surface area contributed by atoms with Crippen molar-refractivity contribution in [3.05, 3.63) is 138 Å². The Morgan fingerprint density at radius 2 is 0.733 bits per heavy atom. The Bertz CT molecular complexity index is 1630. The van der Waals surface area contributed by atoms with Crippen LogP contribution in [-0.2, 0) is 13.3 Å². The van der Waals surface area contributed by atoms with Crippen LogP contribution < -0.4 is 15.0 Å². The third kappa shape index (κ3) is 7.38. The fraction of sp³-hybridized carbons (Fsp3) is 0.231. The lowest BCUT2D eigenvalue weighted by Gasteiger charge is -2.30. The van der Waals surface area contributed by atoms with Crippen molar-refractivity contribution >= 4 is 48.1 Å². The summed E-state index contributed by atoms with van der Waals surface area (Å²) < 4.78 is 18.5. The number of nitrogens with zero attached hydrogens (tertiary/aromatic N) is 2. The van der Waals surface area contributed by atoms with Gasteiger partial charge in [-0.15, -0.1) is 0 Å². The highest BCUT2D eigenvalue weighted by Crippen LogP contribution is 2.39. The number of rotatable bonds is 13. The van der Waals surface area contributed by atoms with Crippen molar-refractivity contribution in [1.82, 2.24) is 0 Å². The maximum atomic E-state index is 6.18. The van der Waals surface area contributed by atoms with Crippen LogP contribution in [0.25, 0.3) is 0 Å². The van der Waals surface area contributed by atoms with E-state index >= 15 is 0 Å². The molecule has 0 saturated heterocycles. The van der Waals surface area contributed by atoms with Crippen LogP contribution in [0.4, 0.5) is 34.1 Å². The van der Waals surface area contributed by atoms with Crippen molar-refractivity contribution in [2.75, 3.05) is 29.6 Å².